The zero-order valence-electron chi connectivity index (χ0n) is 9.37. The quantitative estimate of drug-likeness (QED) is 0.718. The van der Waals surface area contributed by atoms with E-state index >= 15 is 0 Å². The van der Waals surface area contributed by atoms with E-state index in [-0.39, 0.29) is 11.8 Å². The van der Waals surface area contributed by atoms with Crippen molar-refractivity contribution in [3.05, 3.63) is 0 Å². The average molecular weight is 212 g/mol. The van der Waals surface area contributed by atoms with Crippen molar-refractivity contribution in [2.24, 2.45) is 11.8 Å². The van der Waals surface area contributed by atoms with Gasteiger partial charge in [-0.05, 0) is 31.8 Å². The molecule has 0 radical (unpaired) electrons. The third-order valence-electron chi connectivity index (χ3n) is 3.39. The smallest absolute Gasteiger partial charge is 0.227 e. The minimum atomic E-state index is 0.120. The lowest BCUT2D eigenvalue weighted by molar-refractivity contribution is -0.134. The normalized spacial score (nSPS) is 26.3. The molecule has 1 atom stereocenters. The molecule has 15 heavy (non-hydrogen) atoms. The van der Waals surface area contributed by atoms with Crippen molar-refractivity contribution in [2.45, 2.75) is 12.8 Å². The molecule has 0 spiro atoms. The summed E-state index contributed by atoms with van der Waals surface area (Å²) in [5.74, 6) is 1.16. The number of carbonyl (C=O) groups is 1. The number of rotatable bonds is 4. The van der Waals surface area contributed by atoms with E-state index in [0.29, 0.717) is 6.61 Å². The standard InChI is InChI=1S/C11H20N2O2/c1-13(4-2-9-6-12-7-9)11(14)10-3-5-15-8-10/h9-10,12H,2-8H2,1H3. The summed E-state index contributed by atoms with van der Waals surface area (Å²) >= 11 is 0. The van der Waals surface area contributed by atoms with Crippen molar-refractivity contribution >= 4 is 5.91 Å². The molecule has 2 fully saturated rings. The van der Waals surface area contributed by atoms with Crippen molar-refractivity contribution < 1.29 is 9.53 Å². The van der Waals surface area contributed by atoms with Crippen LogP contribution >= 0.6 is 0 Å². The van der Waals surface area contributed by atoms with Gasteiger partial charge in [0.05, 0.1) is 12.5 Å². The largest absolute Gasteiger partial charge is 0.381 e. The van der Waals surface area contributed by atoms with Crippen LogP contribution in [0.15, 0.2) is 0 Å². The van der Waals surface area contributed by atoms with Crippen LogP contribution < -0.4 is 5.32 Å². The van der Waals surface area contributed by atoms with Crippen molar-refractivity contribution in [2.75, 3.05) is 39.9 Å². The van der Waals surface area contributed by atoms with Crippen LogP contribution in [-0.4, -0.2) is 50.7 Å². The Kier molecular flexibility index (Phi) is 3.59. The zero-order chi connectivity index (χ0) is 10.7. The van der Waals surface area contributed by atoms with E-state index in [1.54, 1.807) is 0 Å². The van der Waals surface area contributed by atoms with Crippen LogP contribution in [0.4, 0.5) is 0 Å². The van der Waals surface area contributed by atoms with E-state index in [1.165, 1.54) is 0 Å². The molecule has 0 aromatic heterocycles. The van der Waals surface area contributed by atoms with Gasteiger partial charge in [0.15, 0.2) is 0 Å². The summed E-state index contributed by atoms with van der Waals surface area (Å²) in [4.78, 5) is 13.8. The van der Waals surface area contributed by atoms with E-state index in [2.05, 4.69) is 5.32 Å². The molecule has 2 aliphatic rings. The maximum Gasteiger partial charge on any atom is 0.227 e. The summed E-state index contributed by atoms with van der Waals surface area (Å²) in [5.41, 5.74) is 0. The maximum atomic E-state index is 11.9. The Hall–Kier alpha value is -0.610. The molecule has 0 aromatic rings. The molecule has 2 rings (SSSR count). The lowest BCUT2D eigenvalue weighted by Crippen LogP contribution is -2.44. The highest BCUT2D eigenvalue weighted by atomic mass is 16.5. The van der Waals surface area contributed by atoms with E-state index in [1.807, 2.05) is 11.9 Å². The number of nitrogens with zero attached hydrogens (tertiary/aromatic N) is 1. The summed E-state index contributed by atoms with van der Waals surface area (Å²) in [6, 6.07) is 0. The second kappa shape index (κ2) is 4.94. The molecule has 1 amide bonds. The van der Waals surface area contributed by atoms with Gasteiger partial charge in [-0.3, -0.25) is 4.79 Å². The van der Waals surface area contributed by atoms with Gasteiger partial charge < -0.3 is 15.0 Å². The SMILES string of the molecule is CN(CCC1CNC1)C(=O)C1CCOC1. The third-order valence-corrected chi connectivity index (χ3v) is 3.39. The molecular formula is C11H20N2O2. The second-order valence-electron chi connectivity index (χ2n) is 4.63. The summed E-state index contributed by atoms with van der Waals surface area (Å²) in [5, 5.41) is 3.25. The number of hydrogen-bond donors (Lipinski definition) is 1. The summed E-state index contributed by atoms with van der Waals surface area (Å²) in [6.07, 6.45) is 2.02. The Morgan fingerprint density at radius 2 is 2.33 bits per heavy atom. The number of amides is 1. The molecule has 4 heteroatoms. The van der Waals surface area contributed by atoms with Gasteiger partial charge in [0.2, 0.25) is 5.91 Å². The van der Waals surface area contributed by atoms with Crippen molar-refractivity contribution in [1.29, 1.82) is 0 Å². The molecular weight excluding hydrogens is 192 g/mol. The third kappa shape index (κ3) is 2.69. The van der Waals surface area contributed by atoms with Crippen LogP contribution in [0.25, 0.3) is 0 Å². The van der Waals surface area contributed by atoms with Crippen LogP contribution in [-0.2, 0) is 9.53 Å². The second-order valence-corrected chi connectivity index (χ2v) is 4.63. The van der Waals surface area contributed by atoms with Gasteiger partial charge >= 0.3 is 0 Å². The predicted octanol–water partition coefficient (Wildman–Crippen LogP) is 0.0908. The highest BCUT2D eigenvalue weighted by molar-refractivity contribution is 5.78. The minimum Gasteiger partial charge on any atom is -0.381 e. The van der Waals surface area contributed by atoms with Gasteiger partial charge in [-0.1, -0.05) is 0 Å². The van der Waals surface area contributed by atoms with E-state index in [0.717, 1.165) is 45.0 Å². The van der Waals surface area contributed by atoms with Crippen LogP contribution in [0.1, 0.15) is 12.8 Å². The lowest BCUT2D eigenvalue weighted by atomic mass is 9.99. The first kappa shape index (κ1) is 10.9. The van der Waals surface area contributed by atoms with Crippen molar-refractivity contribution in [3.63, 3.8) is 0 Å². The number of carbonyl (C=O) groups excluding carboxylic acids is 1. The molecule has 0 aliphatic carbocycles. The molecule has 2 heterocycles. The van der Waals surface area contributed by atoms with Gasteiger partial charge in [-0.25, -0.2) is 0 Å². The number of hydrogen-bond acceptors (Lipinski definition) is 3. The molecule has 0 bridgehead atoms. The summed E-state index contributed by atoms with van der Waals surface area (Å²) in [7, 11) is 1.91. The molecule has 1 N–H and O–H groups in total. The highest BCUT2D eigenvalue weighted by Crippen LogP contribution is 2.16. The fraction of sp³-hybridized carbons (Fsp3) is 0.909. The molecule has 2 aliphatic heterocycles. The van der Waals surface area contributed by atoms with Crippen molar-refractivity contribution in [3.8, 4) is 0 Å². The van der Waals surface area contributed by atoms with Crippen LogP contribution in [0, 0.1) is 11.8 Å². The number of ether oxygens (including phenoxy) is 1. The zero-order valence-corrected chi connectivity index (χ0v) is 9.37. The Labute approximate surface area is 91.0 Å². The number of nitrogens with one attached hydrogen (secondary N) is 1. The van der Waals surface area contributed by atoms with Gasteiger partial charge in [0.1, 0.15) is 0 Å². The average Bonchev–Trinajstić information content (AvgIpc) is 2.66. The first-order valence-electron chi connectivity index (χ1n) is 5.81. The van der Waals surface area contributed by atoms with Gasteiger partial charge in [0, 0.05) is 20.2 Å². The van der Waals surface area contributed by atoms with Crippen molar-refractivity contribution in [1.82, 2.24) is 10.2 Å². The summed E-state index contributed by atoms with van der Waals surface area (Å²) in [6.45, 7) is 4.50. The topological polar surface area (TPSA) is 41.6 Å². The van der Waals surface area contributed by atoms with Crippen LogP contribution in [0.2, 0.25) is 0 Å². The first-order chi connectivity index (χ1) is 7.27. The van der Waals surface area contributed by atoms with Crippen LogP contribution in [0.3, 0.4) is 0 Å². The van der Waals surface area contributed by atoms with E-state index in [4.69, 9.17) is 4.74 Å². The first-order valence-corrected chi connectivity index (χ1v) is 5.81. The molecule has 4 nitrogen and oxygen atoms in total. The van der Waals surface area contributed by atoms with Crippen LogP contribution in [0.5, 0.6) is 0 Å². The Balaban J connectivity index is 1.68. The maximum absolute atomic E-state index is 11.9. The van der Waals surface area contributed by atoms with E-state index < -0.39 is 0 Å². The monoisotopic (exact) mass is 212 g/mol. The molecule has 1 unspecified atom stereocenters. The van der Waals surface area contributed by atoms with Gasteiger partial charge in [-0.2, -0.15) is 0 Å². The predicted molar refractivity (Wildman–Crippen MR) is 57.5 cm³/mol. The molecule has 86 valence electrons. The Bertz CT molecular complexity index is 223. The fourth-order valence-corrected chi connectivity index (χ4v) is 2.08. The molecule has 0 aromatic carbocycles. The minimum absolute atomic E-state index is 0.120. The highest BCUT2D eigenvalue weighted by Gasteiger charge is 2.26. The Morgan fingerprint density at radius 3 is 2.87 bits per heavy atom. The Morgan fingerprint density at radius 1 is 1.53 bits per heavy atom. The molecule has 2 saturated heterocycles. The molecule has 0 saturated carbocycles. The van der Waals surface area contributed by atoms with E-state index in [9.17, 15) is 4.79 Å². The van der Waals surface area contributed by atoms with Gasteiger partial charge in [0.25, 0.3) is 0 Å². The van der Waals surface area contributed by atoms with Gasteiger partial charge in [-0.15, -0.1) is 0 Å². The summed E-state index contributed by atoms with van der Waals surface area (Å²) < 4.78 is 5.23. The fourth-order valence-electron chi connectivity index (χ4n) is 2.08. The lowest BCUT2D eigenvalue weighted by Gasteiger charge is -2.29.